The van der Waals surface area contributed by atoms with Crippen LogP contribution in [0.1, 0.15) is 41.2 Å². The highest BCUT2D eigenvalue weighted by Gasteiger charge is 2.34. The van der Waals surface area contributed by atoms with Crippen molar-refractivity contribution in [1.82, 2.24) is 20.1 Å². The van der Waals surface area contributed by atoms with Gasteiger partial charge in [0.1, 0.15) is 17.7 Å². The lowest BCUT2D eigenvalue weighted by Crippen LogP contribution is -2.36. The number of amides is 1. The second-order valence-corrected chi connectivity index (χ2v) is 6.62. The normalized spacial score (nSPS) is 19.9. The van der Waals surface area contributed by atoms with Crippen LogP contribution in [0.4, 0.5) is 0 Å². The third-order valence-corrected chi connectivity index (χ3v) is 5.04. The van der Waals surface area contributed by atoms with E-state index in [-0.39, 0.29) is 17.9 Å². The number of fused-ring (bicyclic) bond motifs is 1. The molecule has 1 amide bonds. The standard InChI is InChI=1S/C19H22N4O3/c1-3-12-13-6-4-5-7-15(13)26-17(12)19(24)23(2)10-16-14(8-9-25-16)18-20-11-21-22-18/h4-7,11,14,16H,3,8-10H2,1-2H3,(H,20,21,22)/t14-,16-/m1/s1. The first-order chi connectivity index (χ1) is 12.7. The van der Waals surface area contributed by atoms with Crippen molar-refractivity contribution in [3.05, 3.63) is 47.7 Å². The summed E-state index contributed by atoms with van der Waals surface area (Å²) in [6, 6.07) is 7.76. The van der Waals surface area contributed by atoms with E-state index in [1.54, 1.807) is 11.9 Å². The molecule has 1 N–H and O–H groups in total. The molecule has 7 nitrogen and oxygen atoms in total. The number of nitrogens with zero attached hydrogens (tertiary/aromatic N) is 3. The van der Waals surface area contributed by atoms with Crippen LogP contribution in [0.15, 0.2) is 35.0 Å². The van der Waals surface area contributed by atoms with Crippen LogP contribution in [0, 0.1) is 0 Å². The predicted octanol–water partition coefficient (Wildman–Crippen LogP) is 2.76. The molecule has 26 heavy (non-hydrogen) atoms. The highest BCUT2D eigenvalue weighted by molar-refractivity contribution is 5.99. The van der Waals surface area contributed by atoms with E-state index in [1.807, 2.05) is 31.2 Å². The molecule has 1 aliphatic rings. The number of H-pyrrole nitrogens is 1. The van der Waals surface area contributed by atoms with Gasteiger partial charge in [0, 0.05) is 37.1 Å². The molecule has 0 unspecified atom stereocenters. The minimum atomic E-state index is -0.120. The molecular formula is C19H22N4O3. The van der Waals surface area contributed by atoms with E-state index in [0.717, 1.165) is 35.2 Å². The maximum atomic E-state index is 13.0. The average Bonchev–Trinajstić information content (AvgIpc) is 3.39. The number of furan rings is 1. The summed E-state index contributed by atoms with van der Waals surface area (Å²) in [7, 11) is 1.79. The van der Waals surface area contributed by atoms with E-state index < -0.39 is 0 Å². The molecule has 0 radical (unpaired) electrons. The lowest BCUT2D eigenvalue weighted by Gasteiger charge is -2.23. The third kappa shape index (κ3) is 2.88. The molecule has 1 aliphatic heterocycles. The third-order valence-electron chi connectivity index (χ3n) is 5.04. The number of aromatic nitrogens is 3. The number of hydrogen-bond acceptors (Lipinski definition) is 5. The van der Waals surface area contributed by atoms with Gasteiger partial charge in [-0.2, -0.15) is 5.10 Å². The molecule has 0 saturated carbocycles. The molecule has 0 bridgehead atoms. The second kappa shape index (κ2) is 6.92. The fraction of sp³-hybridized carbons (Fsp3) is 0.421. The Morgan fingerprint density at radius 1 is 1.38 bits per heavy atom. The number of para-hydroxylation sites is 1. The molecule has 2 atom stereocenters. The lowest BCUT2D eigenvalue weighted by atomic mass is 10.00. The number of rotatable bonds is 5. The van der Waals surface area contributed by atoms with Crippen molar-refractivity contribution in [2.45, 2.75) is 31.8 Å². The smallest absolute Gasteiger partial charge is 0.289 e. The molecule has 4 rings (SSSR count). The zero-order chi connectivity index (χ0) is 18.1. The Bertz CT molecular complexity index is 903. The first-order valence-electron chi connectivity index (χ1n) is 8.91. The summed E-state index contributed by atoms with van der Waals surface area (Å²) in [4.78, 5) is 18.9. The predicted molar refractivity (Wildman–Crippen MR) is 96.0 cm³/mol. The minimum absolute atomic E-state index is 0.105. The zero-order valence-corrected chi connectivity index (χ0v) is 14.9. The summed E-state index contributed by atoms with van der Waals surface area (Å²) in [5.74, 6) is 1.23. The number of aromatic amines is 1. The number of carbonyl (C=O) groups excluding carboxylic acids is 1. The fourth-order valence-corrected chi connectivity index (χ4v) is 3.68. The van der Waals surface area contributed by atoms with E-state index in [2.05, 4.69) is 15.2 Å². The number of ether oxygens (including phenoxy) is 1. The van der Waals surface area contributed by atoms with Gasteiger partial charge < -0.3 is 14.1 Å². The van der Waals surface area contributed by atoms with Gasteiger partial charge in [-0.05, 0) is 18.9 Å². The maximum absolute atomic E-state index is 13.0. The summed E-state index contributed by atoms with van der Waals surface area (Å²) in [5.41, 5.74) is 1.70. The van der Waals surface area contributed by atoms with Crippen LogP contribution < -0.4 is 0 Å². The van der Waals surface area contributed by atoms with Crippen molar-refractivity contribution >= 4 is 16.9 Å². The van der Waals surface area contributed by atoms with Gasteiger partial charge in [-0.1, -0.05) is 25.1 Å². The molecule has 2 aromatic heterocycles. The summed E-state index contributed by atoms with van der Waals surface area (Å²) < 4.78 is 11.7. The number of benzene rings is 1. The Morgan fingerprint density at radius 3 is 3.00 bits per heavy atom. The van der Waals surface area contributed by atoms with Gasteiger partial charge in [-0.25, -0.2) is 4.98 Å². The number of likely N-dealkylation sites (N-methyl/N-ethyl adjacent to an activating group) is 1. The van der Waals surface area contributed by atoms with E-state index in [0.29, 0.717) is 18.9 Å². The molecule has 3 heterocycles. The van der Waals surface area contributed by atoms with Crippen molar-refractivity contribution in [3.63, 3.8) is 0 Å². The monoisotopic (exact) mass is 354 g/mol. The summed E-state index contributed by atoms with van der Waals surface area (Å²) in [6.07, 6.45) is 3.01. The van der Waals surface area contributed by atoms with Crippen LogP contribution in [0.5, 0.6) is 0 Å². The Kier molecular flexibility index (Phi) is 4.46. The zero-order valence-electron chi connectivity index (χ0n) is 14.9. The van der Waals surface area contributed by atoms with Crippen LogP contribution in [0.25, 0.3) is 11.0 Å². The molecule has 7 heteroatoms. The summed E-state index contributed by atoms with van der Waals surface area (Å²) >= 11 is 0. The van der Waals surface area contributed by atoms with Crippen LogP contribution in [0.2, 0.25) is 0 Å². The summed E-state index contributed by atoms with van der Waals surface area (Å²) in [5, 5.41) is 7.84. The van der Waals surface area contributed by atoms with Crippen LogP contribution >= 0.6 is 0 Å². The molecular weight excluding hydrogens is 332 g/mol. The molecule has 3 aromatic rings. The SMILES string of the molecule is CCc1c(C(=O)N(C)C[C@H]2OCC[C@H]2c2ncn[nH]2)oc2ccccc12. The molecule has 0 spiro atoms. The van der Waals surface area contributed by atoms with E-state index in [4.69, 9.17) is 9.15 Å². The number of aryl methyl sites for hydroxylation is 1. The highest BCUT2D eigenvalue weighted by atomic mass is 16.5. The first kappa shape index (κ1) is 16.8. The van der Waals surface area contributed by atoms with Gasteiger partial charge >= 0.3 is 0 Å². The maximum Gasteiger partial charge on any atom is 0.289 e. The first-order valence-corrected chi connectivity index (χ1v) is 8.91. The van der Waals surface area contributed by atoms with E-state index >= 15 is 0 Å². The van der Waals surface area contributed by atoms with Crippen molar-refractivity contribution in [2.24, 2.45) is 0 Å². The van der Waals surface area contributed by atoms with Gasteiger partial charge in [0.15, 0.2) is 5.76 Å². The summed E-state index contributed by atoms with van der Waals surface area (Å²) in [6.45, 7) is 3.17. The van der Waals surface area contributed by atoms with Crippen molar-refractivity contribution in [1.29, 1.82) is 0 Å². The Morgan fingerprint density at radius 2 is 2.23 bits per heavy atom. The van der Waals surface area contributed by atoms with E-state index in [9.17, 15) is 4.79 Å². The van der Waals surface area contributed by atoms with Crippen molar-refractivity contribution < 1.29 is 13.9 Å². The largest absolute Gasteiger partial charge is 0.451 e. The molecule has 136 valence electrons. The van der Waals surface area contributed by atoms with Crippen molar-refractivity contribution in [2.75, 3.05) is 20.2 Å². The quantitative estimate of drug-likeness (QED) is 0.762. The van der Waals surface area contributed by atoms with Crippen LogP contribution in [-0.2, 0) is 11.2 Å². The number of carbonyl (C=O) groups is 1. The van der Waals surface area contributed by atoms with Crippen LogP contribution in [-0.4, -0.2) is 52.3 Å². The number of nitrogens with one attached hydrogen (secondary N) is 1. The molecule has 1 fully saturated rings. The topological polar surface area (TPSA) is 84.3 Å². The van der Waals surface area contributed by atoms with Crippen molar-refractivity contribution in [3.8, 4) is 0 Å². The van der Waals surface area contributed by atoms with E-state index in [1.165, 1.54) is 6.33 Å². The van der Waals surface area contributed by atoms with Crippen LogP contribution in [0.3, 0.4) is 0 Å². The Balaban J connectivity index is 1.55. The van der Waals surface area contributed by atoms with Gasteiger partial charge in [0.05, 0.1) is 6.10 Å². The average molecular weight is 354 g/mol. The fourth-order valence-electron chi connectivity index (χ4n) is 3.68. The van der Waals surface area contributed by atoms with Gasteiger partial charge in [-0.15, -0.1) is 0 Å². The molecule has 1 saturated heterocycles. The lowest BCUT2D eigenvalue weighted by molar-refractivity contribution is 0.0529. The number of hydrogen-bond donors (Lipinski definition) is 1. The van der Waals surface area contributed by atoms with Gasteiger partial charge in [-0.3, -0.25) is 9.89 Å². The van der Waals surface area contributed by atoms with Gasteiger partial charge in [0.25, 0.3) is 5.91 Å². The Hall–Kier alpha value is -2.67. The second-order valence-electron chi connectivity index (χ2n) is 6.62. The molecule has 1 aromatic carbocycles. The Labute approximate surface area is 151 Å². The van der Waals surface area contributed by atoms with Gasteiger partial charge in [0.2, 0.25) is 0 Å². The molecule has 0 aliphatic carbocycles. The highest BCUT2D eigenvalue weighted by Crippen LogP contribution is 2.31. The minimum Gasteiger partial charge on any atom is -0.451 e.